The SMILES string of the molecule is Cc1cc(C)cc(CNc2ccccc2C(=O)O)c1. The molecule has 0 amide bonds. The zero-order valence-corrected chi connectivity index (χ0v) is 11.1. The number of carbonyl (C=O) groups is 1. The number of nitrogens with one attached hydrogen (secondary N) is 1. The summed E-state index contributed by atoms with van der Waals surface area (Å²) in [4.78, 5) is 11.1. The lowest BCUT2D eigenvalue weighted by atomic mass is 10.1. The standard InChI is InChI=1S/C16H17NO2/c1-11-7-12(2)9-13(8-11)10-17-15-6-4-3-5-14(15)16(18)19/h3-9,17H,10H2,1-2H3,(H,18,19). The molecule has 2 rings (SSSR count). The predicted molar refractivity (Wildman–Crippen MR) is 76.6 cm³/mol. The smallest absolute Gasteiger partial charge is 0.337 e. The number of hydrogen-bond donors (Lipinski definition) is 2. The monoisotopic (exact) mass is 255 g/mol. The van der Waals surface area contributed by atoms with Crippen molar-refractivity contribution >= 4 is 11.7 Å². The Morgan fingerprint density at radius 3 is 2.37 bits per heavy atom. The molecular weight excluding hydrogens is 238 g/mol. The Bertz CT molecular complexity index is 585. The van der Waals surface area contributed by atoms with Gasteiger partial charge in [0.1, 0.15) is 0 Å². The van der Waals surface area contributed by atoms with Gasteiger partial charge in [0.05, 0.1) is 5.56 Å². The number of aromatic carboxylic acids is 1. The molecule has 0 aliphatic rings. The average molecular weight is 255 g/mol. The molecular formula is C16H17NO2. The molecule has 0 radical (unpaired) electrons. The summed E-state index contributed by atoms with van der Waals surface area (Å²) < 4.78 is 0. The maximum atomic E-state index is 11.1. The highest BCUT2D eigenvalue weighted by Crippen LogP contribution is 2.17. The lowest BCUT2D eigenvalue weighted by molar-refractivity contribution is 0.0698. The molecule has 0 saturated carbocycles. The largest absolute Gasteiger partial charge is 0.478 e. The molecule has 3 heteroatoms. The second-order valence-corrected chi connectivity index (χ2v) is 4.70. The van der Waals surface area contributed by atoms with Gasteiger partial charge in [-0.25, -0.2) is 4.79 Å². The van der Waals surface area contributed by atoms with Gasteiger partial charge in [-0.05, 0) is 31.5 Å². The van der Waals surface area contributed by atoms with Gasteiger partial charge in [-0.2, -0.15) is 0 Å². The van der Waals surface area contributed by atoms with Crippen LogP contribution in [0.25, 0.3) is 0 Å². The van der Waals surface area contributed by atoms with Crippen molar-refractivity contribution in [3.63, 3.8) is 0 Å². The molecule has 0 atom stereocenters. The molecule has 0 heterocycles. The molecule has 19 heavy (non-hydrogen) atoms. The van der Waals surface area contributed by atoms with E-state index in [1.165, 1.54) is 11.1 Å². The Balaban J connectivity index is 2.16. The van der Waals surface area contributed by atoms with Crippen molar-refractivity contribution in [1.82, 2.24) is 0 Å². The Morgan fingerprint density at radius 2 is 1.74 bits per heavy atom. The molecule has 98 valence electrons. The average Bonchev–Trinajstić information content (AvgIpc) is 2.35. The number of carboxylic acids is 1. The maximum Gasteiger partial charge on any atom is 0.337 e. The Labute approximate surface area is 112 Å². The van der Waals surface area contributed by atoms with Crippen molar-refractivity contribution in [3.8, 4) is 0 Å². The van der Waals surface area contributed by atoms with E-state index in [9.17, 15) is 4.79 Å². The van der Waals surface area contributed by atoms with Gasteiger partial charge in [-0.3, -0.25) is 0 Å². The van der Waals surface area contributed by atoms with E-state index < -0.39 is 5.97 Å². The van der Waals surface area contributed by atoms with E-state index in [-0.39, 0.29) is 0 Å². The fraction of sp³-hybridized carbons (Fsp3) is 0.188. The number of benzene rings is 2. The van der Waals surface area contributed by atoms with E-state index in [4.69, 9.17) is 5.11 Å². The highest BCUT2D eigenvalue weighted by Gasteiger charge is 2.08. The molecule has 0 aliphatic carbocycles. The third-order valence-electron chi connectivity index (χ3n) is 2.92. The van der Waals surface area contributed by atoms with E-state index in [0.29, 0.717) is 17.8 Å². The van der Waals surface area contributed by atoms with Crippen LogP contribution in [-0.4, -0.2) is 11.1 Å². The first-order valence-electron chi connectivity index (χ1n) is 6.19. The molecule has 0 fully saturated rings. The first-order chi connectivity index (χ1) is 9.06. The van der Waals surface area contributed by atoms with Crippen LogP contribution in [-0.2, 0) is 6.54 Å². The third-order valence-corrected chi connectivity index (χ3v) is 2.92. The Morgan fingerprint density at radius 1 is 1.11 bits per heavy atom. The zero-order chi connectivity index (χ0) is 13.8. The molecule has 2 N–H and O–H groups in total. The predicted octanol–water partition coefficient (Wildman–Crippen LogP) is 3.61. The van der Waals surface area contributed by atoms with E-state index in [0.717, 1.165) is 5.56 Å². The van der Waals surface area contributed by atoms with Crippen LogP contribution < -0.4 is 5.32 Å². The van der Waals surface area contributed by atoms with Crippen molar-refractivity contribution in [3.05, 3.63) is 64.7 Å². The fourth-order valence-electron chi connectivity index (χ4n) is 2.19. The zero-order valence-electron chi connectivity index (χ0n) is 11.1. The molecule has 0 saturated heterocycles. The van der Waals surface area contributed by atoms with Crippen molar-refractivity contribution in [2.75, 3.05) is 5.32 Å². The van der Waals surface area contributed by atoms with Gasteiger partial charge in [-0.1, -0.05) is 41.5 Å². The normalized spacial score (nSPS) is 10.2. The van der Waals surface area contributed by atoms with E-state index in [1.807, 2.05) is 6.07 Å². The van der Waals surface area contributed by atoms with Gasteiger partial charge < -0.3 is 10.4 Å². The quantitative estimate of drug-likeness (QED) is 0.877. The number of rotatable bonds is 4. The fourth-order valence-corrected chi connectivity index (χ4v) is 2.19. The minimum absolute atomic E-state index is 0.298. The first-order valence-corrected chi connectivity index (χ1v) is 6.19. The maximum absolute atomic E-state index is 11.1. The van der Waals surface area contributed by atoms with Gasteiger partial charge in [0.15, 0.2) is 0 Å². The number of para-hydroxylation sites is 1. The highest BCUT2D eigenvalue weighted by atomic mass is 16.4. The summed E-state index contributed by atoms with van der Waals surface area (Å²) >= 11 is 0. The van der Waals surface area contributed by atoms with Crippen molar-refractivity contribution in [2.24, 2.45) is 0 Å². The second-order valence-electron chi connectivity index (χ2n) is 4.70. The number of aryl methyl sites for hydroxylation is 2. The van der Waals surface area contributed by atoms with Crippen LogP contribution in [0.3, 0.4) is 0 Å². The van der Waals surface area contributed by atoms with Crippen LogP contribution in [0.1, 0.15) is 27.0 Å². The minimum Gasteiger partial charge on any atom is -0.478 e. The minimum atomic E-state index is -0.913. The highest BCUT2D eigenvalue weighted by molar-refractivity contribution is 5.94. The van der Waals surface area contributed by atoms with Gasteiger partial charge in [-0.15, -0.1) is 0 Å². The lowest BCUT2D eigenvalue weighted by Crippen LogP contribution is -2.06. The molecule has 2 aromatic carbocycles. The summed E-state index contributed by atoms with van der Waals surface area (Å²) in [5.74, 6) is -0.913. The van der Waals surface area contributed by atoms with Gasteiger partial charge in [0.25, 0.3) is 0 Å². The summed E-state index contributed by atoms with van der Waals surface area (Å²) in [6.07, 6.45) is 0. The summed E-state index contributed by atoms with van der Waals surface area (Å²) in [5.41, 5.74) is 4.52. The second kappa shape index (κ2) is 5.57. The molecule has 0 aliphatic heterocycles. The molecule has 0 unspecified atom stereocenters. The van der Waals surface area contributed by atoms with Crippen LogP contribution in [0.5, 0.6) is 0 Å². The van der Waals surface area contributed by atoms with Gasteiger partial charge in [0.2, 0.25) is 0 Å². The number of hydrogen-bond acceptors (Lipinski definition) is 2. The van der Waals surface area contributed by atoms with Gasteiger partial charge >= 0.3 is 5.97 Å². The topological polar surface area (TPSA) is 49.3 Å². The van der Waals surface area contributed by atoms with Crippen LogP contribution >= 0.6 is 0 Å². The van der Waals surface area contributed by atoms with Crippen LogP contribution in [0.15, 0.2) is 42.5 Å². The van der Waals surface area contributed by atoms with E-state index >= 15 is 0 Å². The summed E-state index contributed by atoms with van der Waals surface area (Å²) in [7, 11) is 0. The summed E-state index contributed by atoms with van der Waals surface area (Å²) in [6, 6.07) is 13.3. The lowest BCUT2D eigenvalue weighted by Gasteiger charge is -2.10. The third kappa shape index (κ3) is 3.35. The summed E-state index contributed by atoms with van der Waals surface area (Å²) in [5, 5.41) is 12.3. The summed E-state index contributed by atoms with van der Waals surface area (Å²) in [6.45, 7) is 4.73. The van der Waals surface area contributed by atoms with Crippen molar-refractivity contribution in [1.29, 1.82) is 0 Å². The van der Waals surface area contributed by atoms with Crippen LogP contribution in [0.2, 0.25) is 0 Å². The van der Waals surface area contributed by atoms with Crippen molar-refractivity contribution in [2.45, 2.75) is 20.4 Å². The molecule has 3 nitrogen and oxygen atoms in total. The van der Waals surface area contributed by atoms with E-state index in [2.05, 4.69) is 37.4 Å². The Kier molecular flexibility index (Phi) is 3.85. The van der Waals surface area contributed by atoms with Crippen LogP contribution in [0, 0.1) is 13.8 Å². The van der Waals surface area contributed by atoms with E-state index in [1.54, 1.807) is 18.2 Å². The molecule has 0 aromatic heterocycles. The Hall–Kier alpha value is -2.29. The first kappa shape index (κ1) is 13.1. The molecule has 0 spiro atoms. The molecule has 0 bridgehead atoms. The van der Waals surface area contributed by atoms with Crippen molar-refractivity contribution < 1.29 is 9.90 Å². The molecule has 2 aromatic rings. The number of carboxylic acid groups (broad SMARTS) is 1. The number of anilines is 1. The van der Waals surface area contributed by atoms with Crippen LogP contribution in [0.4, 0.5) is 5.69 Å². The van der Waals surface area contributed by atoms with Gasteiger partial charge in [0, 0.05) is 12.2 Å².